The number of nitrogens with two attached hydrogens (primary N) is 2. The molecule has 1 saturated heterocycles. The SMILES string of the molecule is Nc1ccc(-c2cnn(C3CCNCC3)c2)nc1N(N)Cc1ccc2ncccc2c1. The van der Waals surface area contributed by atoms with Gasteiger partial charge in [-0.25, -0.2) is 10.8 Å². The lowest BCUT2D eigenvalue weighted by atomic mass is 10.1. The topological polar surface area (TPSA) is 111 Å². The standard InChI is InChI=1S/C23H26N8/c24-20-4-6-22(18-13-28-31(15-18)19-7-10-26-11-8-19)29-23(20)30(25)14-16-3-5-21-17(12-16)2-1-9-27-21/h1-6,9,12-13,15,19,26H,7-8,10-11,14,24-25H2. The molecule has 0 saturated carbocycles. The molecule has 1 fully saturated rings. The van der Waals surface area contributed by atoms with Crippen molar-refractivity contribution < 1.29 is 0 Å². The summed E-state index contributed by atoms with van der Waals surface area (Å²) in [5.74, 6) is 6.94. The lowest BCUT2D eigenvalue weighted by Crippen LogP contribution is -2.31. The Kier molecular flexibility index (Phi) is 5.23. The van der Waals surface area contributed by atoms with Crippen molar-refractivity contribution >= 4 is 22.4 Å². The van der Waals surface area contributed by atoms with Crippen LogP contribution in [0.25, 0.3) is 22.2 Å². The van der Waals surface area contributed by atoms with Crippen LogP contribution < -0.4 is 21.9 Å². The van der Waals surface area contributed by atoms with E-state index in [1.807, 2.05) is 42.6 Å². The van der Waals surface area contributed by atoms with Crippen molar-refractivity contribution in [1.82, 2.24) is 25.1 Å². The molecule has 0 unspecified atom stereocenters. The number of fused-ring (bicyclic) bond motifs is 1. The Hall–Kier alpha value is -3.49. The van der Waals surface area contributed by atoms with Crippen molar-refractivity contribution in [2.24, 2.45) is 5.84 Å². The summed E-state index contributed by atoms with van der Waals surface area (Å²) < 4.78 is 2.05. The van der Waals surface area contributed by atoms with Gasteiger partial charge in [-0.2, -0.15) is 5.10 Å². The second-order valence-electron chi connectivity index (χ2n) is 7.96. The fourth-order valence-corrected chi connectivity index (χ4v) is 4.09. The Labute approximate surface area is 180 Å². The molecule has 0 aliphatic carbocycles. The monoisotopic (exact) mass is 414 g/mol. The van der Waals surface area contributed by atoms with Crippen LogP contribution in [0.4, 0.5) is 11.5 Å². The van der Waals surface area contributed by atoms with Gasteiger partial charge in [0, 0.05) is 23.3 Å². The average Bonchev–Trinajstić information content (AvgIpc) is 3.30. The predicted octanol–water partition coefficient (Wildman–Crippen LogP) is 2.88. The van der Waals surface area contributed by atoms with E-state index in [1.165, 1.54) is 0 Å². The maximum atomic E-state index is 6.39. The summed E-state index contributed by atoms with van der Waals surface area (Å²) in [4.78, 5) is 9.12. The molecule has 158 valence electrons. The van der Waals surface area contributed by atoms with Crippen molar-refractivity contribution in [3.63, 3.8) is 0 Å². The molecule has 1 aromatic carbocycles. The molecule has 31 heavy (non-hydrogen) atoms. The molecule has 4 aromatic rings. The maximum Gasteiger partial charge on any atom is 0.166 e. The lowest BCUT2D eigenvalue weighted by Gasteiger charge is -2.22. The normalized spacial score (nSPS) is 14.7. The second kappa shape index (κ2) is 8.33. The Bertz CT molecular complexity index is 1200. The van der Waals surface area contributed by atoms with Gasteiger partial charge in [0.15, 0.2) is 5.82 Å². The van der Waals surface area contributed by atoms with Crippen molar-refractivity contribution in [2.75, 3.05) is 23.8 Å². The Morgan fingerprint density at radius 3 is 2.87 bits per heavy atom. The summed E-state index contributed by atoms with van der Waals surface area (Å²) in [6, 6.07) is 14.3. The fourth-order valence-electron chi connectivity index (χ4n) is 4.09. The van der Waals surface area contributed by atoms with Gasteiger partial charge >= 0.3 is 0 Å². The summed E-state index contributed by atoms with van der Waals surface area (Å²) >= 11 is 0. The number of nitrogens with zero attached hydrogens (tertiary/aromatic N) is 5. The van der Waals surface area contributed by atoms with Crippen LogP contribution in [0.1, 0.15) is 24.4 Å². The first-order valence-corrected chi connectivity index (χ1v) is 10.5. The summed E-state index contributed by atoms with van der Waals surface area (Å²) in [5.41, 5.74) is 10.5. The first-order valence-electron chi connectivity index (χ1n) is 10.5. The van der Waals surface area contributed by atoms with Gasteiger partial charge in [-0.3, -0.25) is 14.7 Å². The molecule has 5 N–H and O–H groups in total. The molecule has 0 spiro atoms. The molecule has 1 aliphatic heterocycles. The Morgan fingerprint density at radius 2 is 2.00 bits per heavy atom. The van der Waals surface area contributed by atoms with Crippen LogP contribution in [0.15, 0.2) is 61.1 Å². The van der Waals surface area contributed by atoms with Crippen LogP contribution in [-0.4, -0.2) is 32.8 Å². The molecular formula is C23H26N8. The highest BCUT2D eigenvalue weighted by Gasteiger charge is 2.17. The van der Waals surface area contributed by atoms with E-state index >= 15 is 0 Å². The second-order valence-corrected chi connectivity index (χ2v) is 7.96. The maximum absolute atomic E-state index is 6.39. The van der Waals surface area contributed by atoms with Gasteiger partial charge in [0.05, 0.1) is 35.7 Å². The summed E-state index contributed by atoms with van der Waals surface area (Å²) in [6.07, 6.45) is 7.89. The number of benzene rings is 1. The smallest absolute Gasteiger partial charge is 0.166 e. The van der Waals surface area contributed by atoms with Crippen LogP contribution in [0.5, 0.6) is 0 Å². The van der Waals surface area contributed by atoms with Gasteiger partial charge in [-0.1, -0.05) is 12.1 Å². The van der Waals surface area contributed by atoms with Crippen molar-refractivity contribution in [3.05, 3.63) is 66.6 Å². The third kappa shape index (κ3) is 4.08. The molecule has 5 rings (SSSR count). The summed E-state index contributed by atoms with van der Waals surface area (Å²) in [6.45, 7) is 2.54. The van der Waals surface area contributed by atoms with E-state index in [2.05, 4.69) is 32.3 Å². The molecule has 8 nitrogen and oxygen atoms in total. The first-order chi connectivity index (χ1) is 15.2. The van der Waals surface area contributed by atoms with Crippen LogP contribution in [0.3, 0.4) is 0 Å². The number of hydrogen-bond donors (Lipinski definition) is 3. The highest BCUT2D eigenvalue weighted by atomic mass is 15.4. The fraction of sp³-hybridized carbons (Fsp3) is 0.261. The number of aromatic nitrogens is 4. The minimum absolute atomic E-state index is 0.427. The van der Waals surface area contributed by atoms with E-state index < -0.39 is 0 Å². The highest BCUT2D eigenvalue weighted by Crippen LogP contribution is 2.27. The lowest BCUT2D eigenvalue weighted by molar-refractivity contribution is 0.343. The van der Waals surface area contributed by atoms with Crippen LogP contribution in [0, 0.1) is 0 Å². The van der Waals surface area contributed by atoms with Crippen molar-refractivity contribution in [2.45, 2.75) is 25.4 Å². The third-order valence-electron chi connectivity index (χ3n) is 5.78. The molecule has 8 heteroatoms. The molecular weight excluding hydrogens is 388 g/mol. The number of nitrogens with one attached hydrogen (secondary N) is 1. The summed E-state index contributed by atoms with van der Waals surface area (Å²) in [7, 11) is 0. The van der Waals surface area contributed by atoms with E-state index in [0.29, 0.717) is 24.1 Å². The number of nitrogen functional groups attached to an aromatic ring is 1. The number of rotatable bonds is 5. The zero-order valence-corrected chi connectivity index (χ0v) is 17.3. The van der Waals surface area contributed by atoms with E-state index in [-0.39, 0.29) is 0 Å². The number of hydrazine groups is 1. The molecule has 4 heterocycles. The molecule has 0 amide bonds. The molecule has 1 aliphatic rings. The number of pyridine rings is 2. The van der Waals surface area contributed by atoms with Gasteiger partial charge in [0.1, 0.15) is 0 Å². The van der Waals surface area contributed by atoms with E-state index in [9.17, 15) is 0 Å². The molecule has 0 atom stereocenters. The summed E-state index contributed by atoms with van der Waals surface area (Å²) in [5, 5.41) is 10.6. The highest BCUT2D eigenvalue weighted by molar-refractivity contribution is 5.79. The first kappa shape index (κ1) is 19.5. The minimum Gasteiger partial charge on any atom is -0.396 e. The van der Waals surface area contributed by atoms with Crippen molar-refractivity contribution in [3.8, 4) is 11.3 Å². The Balaban J connectivity index is 1.38. The van der Waals surface area contributed by atoms with E-state index in [1.54, 1.807) is 11.2 Å². The molecule has 3 aromatic heterocycles. The van der Waals surface area contributed by atoms with Gasteiger partial charge in [-0.15, -0.1) is 0 Å². The third-order valence-corrected chi connectivity index (χ3v) is 5.78. The van der Waals surface area contributed by atoms with Gasteiger partial charge in [0.2, 0.25) is 0 Å². The average molecular weight is 415 g/mol. The zero-order valence-electron chi connectivity index (χ0n) is 17.3. The number of piperidine rings is 1. The van der Waals surface area contributed by atoms with Crippen molar-refractivity contribution in [1.29, 1.82) is 0 Å². The number of hydrogen-bond acceptors (Lipinski definition) is 7. The minimum atomic E-state index is 0.427. The molecule has 0 bridgehead atoms. The largest absolute Gasteiger partial charge is 0.396 e. The van der Waals surface area contributed by atoms with E-state index in [4.69, 9.17) is 16.6 Å². The molecule has 0 radical (unpaired) electrons. The van der Waals surface area contributed by atoms with Gasteiger partial charge in [0.25, 0.3) is 0 Å². The quantitative estimate of drug-likeness (QED) is 0.340. The van der Waals surface area contributed by atoms with Gasteiger partial charge in [-0.05, 0) is 61.8 Å². The van der Waals surface area contributed by atoms with Crippen LogP contribution >= 0.6 is 0 Å². The van der Waals surface area contributed by atoms with Gasteiger partial charge < -0.3 is 11.1 Å². The van der Waals surface area contributed by atoms with E-state index in [0.717, 1.165) is 53.7 Å². The number of anilines is 2. The Morgan fingerprint density at radius 1 is 1.13 bits per heavy atom. The van der Waals surface area contributed by atoms with Crippen LogP contribution in [-0.2, 0) is 6.54 Å². The van der Waals surface area contributed by atoms with Crippen LogP contribution in [0.2, 0.25) is 0 Å². The predicted molar refractivity (Wildman–Crippen MR) is 123 cm³/mol. The zero-order chi connectivity index (χ0) is 21.2.